The molecule has 0 aliphatic carbocycles. The zero-order chi connectivity index (χ0) is 31.1. The maximum Gasteiger partial charge on any atom is 0.264 e. The second-order valence-electron chi connectivity index (χ2n) is 10.6. The molecule has 0 aliphatic rings. The maximum absolute atomic E-state index is 14.4. The first-order valence-electron chi connectivity index (χ1n) is 14.0. The van der Waals surface area contributed by atoms with Gasteiger partial charge in [-0.15, -0.1) is 0 Å². The summed E-state index contributed by atoms with van der Waals surface area (Å²) in [5, 5.41) is 3.18. The lowest BCUT2D eigenvalue weighted by Gasteiger charge is -2.34. The Morgan fingerprint density at radius 3 is 2.12 bits per heavy atom. The Morgan fingerprint density at radius 2 is 1.47 bits per heavy atom. The van der Waals surface area contributed by atoms with E-state index in [0.717, 1.165) is 21.0 Å². The highest BCUT2D eigenvalue weighted by Gasteiger charge is 2.34. The van der Waals surface area contributed by atoms with Crippen molar-refractivity contribution in [1.29, 1.82) is 0 Å². The number of carbonyl (C=O) groups is 2. The van der Waals surface area contributed by atoms with E-state index < -0.39 is 28.5 Å². The minimum atomic E-state index is -4.16. The molecule has 1 N–H and O–H groups in total. The summed E-state index contributed by atoms with van der Waals surface area (Å²) >= 11 is 6.27. The lowest BCUT2D eigenvalue weighted by Crippen LogP contribution is -2.53. The molecule has 4 rings (SSSR count). The topological polar surface area (TPSA) is 86.8 Å². The fourth-order valence-corrected chi connectivity index (χ4v) is 6.57. The molecular formula is C34H36ClN3O4S. The third-order valence-electron chi connectivity index (χ3n) is 7.28. The van der Waals surface area contributed by atoms with Gasteiger partial charge in [0.05, 0.1) is 10.6 Å². The number of hydrogen-bond donors (Lipinski definition) is 1. The highest BCUT2D eigenvalue weighted by atomic mass is 35.5. The molecule has 9 heteroatoms. The number of hydrogen-bond acceptors (Lipinski definition) is 4. The number of nitrogens with zero attached hydrogens (tertiary/aromatic N) is 2. The van der Waals surface area contributed by atoms with Gasteiger partial charge in [0.15, 0.2) is 0 Å². The Morgan fingerprint density at radius 1 is 0.814 bits per heavy atom. The van der Waals surface area contributed by atoms with Crippen LogP contribution in [-0.2, 0) is 32.6 Å². The summed E-state index contributed by atoms with van der Waals surface area (Å²) in [6, 6.07) is 27.6. The Balaban J connectivity index is 1.82. The molecule has 4 aromatic rings. The van der Waals surface area contributed by atoms with Gasteiger partial charge in [0, 0.05) is 25.0 Å². The quantitative estimate of drug-likeness (QED) is 0.229. The number of benzene rings is 4. The van der Waals surface area contributed by atoms with Gasteiger partial charge in [0.1, 0.15) is 12.6 Å². The van der Waals surface area contributed by atoms with Gasteiger partial charge in [-0.1, -0.05) is 83.9 Å². The van der Waals surface area contributed by atoms with Crippen molar-refractivity contribution in [3.63, 3.8) is 0 Å². The van der Waals surface area contributed by atoms with Gasteiger partial charge < -0.3 is 10.2 Å². The van der Waals surface area contributed by atoms with E-state index in [0.29, 0.717) is 21.8 Å². The average Bonchev–Trinajstić information content (AvgIpc) is 2.99. The lowest BCUT2D eigenvalue weighted by molar-refractivity contribution is -0.139. The standard InChI is InChI=1S/C34H36ClN3O4S/c1-24-14-17-30(18-15-24)43(41,42)38(31-19-25(2)13-16-26(31)3)23-33(39)37(22-28-11-8-12-29(35)20-28)32(34(40)36-4)21-27-9-6-5-7-10-27/h5-20,32H,21-23H2,1-4H3,(H,36,40)/t32-/m1/s1. The van der Waals surface area contributed by atoms with E-state index in [9.17, 15) is 18.0 Å². The third-order valence-corrected chi connectivity index (χ3v) is 9.29. The molecule has 0 saturated carbocycles. The summed E-state index contributed by atoms with van der Waals surface area (Å²) in [5.41, 5.74) is 4.43. The number of anilines is 1. The highest BCUT2D eigenvalue weighted by molar-refractivity contribution is 7.92. The fraction of sp³-hybridized carbons (Fsp3) is 0.235. The van der Waals surface area contributed by atoms with Crippen LogP contribution in [-0.4, -0.2) is 44.8 Å². The molecule has 0 unspecified atom stereocenters. The predicted molar refractivity (Wildman–Crippen MR) is 172 cm³/mol. The smallest absolute Gasteiger partial charge is 0.264 e. The van der Waals surface area contributed by atoms with Crippen LogP contribution in [0.4, 0.5) is 5.69 Å². The van der Waals surface area contributed by atoms with Gasteiger partial charge in [-0.2, -0.15) is 0 Å². The zero-order valence-electron chi connectivity index (χ0n) is 24.7. The van der Waals surface area contributed by atoms with Crippen molar-refractivity contribution in [1.82, 2.24) is 10.2 Å². The number of likely N-dealkylation sites (N-methyl/N-ethyl adjacent to an activating group) is 1. The van der Waals surface area contributed by atoms with Gasteiger partial charge in [0.2, 0.25) is 11.8 Å². The van der Waals surface area contributed by atoms with Crippen LogP contribution < -0.4 is 9.62 Å². The van der Waals surface area contributed by atoms with Crippen LogP contribution in [0.25, 0.3) is 0 Å². The molecule has 43 heavy (non-hydrogen) atoms. The van der Waals surface area contributed by atoms with E-state index in [4.69, 9.17) is 11.6 Å². The fourth-order valence-electron chi connectivity index (χ4n) is 4.89. The van der Waals surface area contributed by atoms with Crippen LogP contribution in [0.5, 0.6) is 0 Å². The molecule has 0 radical (unpaired) electrons. The maximum atomic E-state index is 14.4. The van der Waals surface area contributed by atoms with Crippen molar-refractivity contribution in [2.75, 3.05) is 17.9 Å². The minimum Gasteiger partial charge on any atom is -0.357 e. The largest absolute Gasteiger partial charge is 0.357 e. The van der Waals surface area contributed by atoms with Crippen LogP contribution in [0.3, 0.4) is 0 Å². The Labute approximate surface area is 259 Å². The van der Waals surface area contributed by atoms with Crippen molar-refractivity contribution >= 4 is 39.1 Å². The summed E-state index contributed by atoms with van der Waals surface area (Å²) in [5.74, 6) is -0.889. The van der Waals surface area contributed by atoms with Crippen LogP contribution in [0, 0.1) is 20.8 Å². The predicted octanol–water partition coefficient (Wildman–Crippen LogP) is 5.85. The molecule has 4 aromatic carbocycles. The zero-order valence-corrected chi connectivity index (χ0v) is 26.3. The molecule has 0 aromatic heterocycles. The Kier molecular flexibility index (Phi) is 10.3. The van der Waals surface area contributed by atoms with E-state index >= 15 is 0 Å². The van der Waals surface area contributed by atoms with Crippen LogP contribution in [0.2, 0.25) is 5.02 Å². The van der Waals surface area contributed by atoms with Gasteiger partial charge in [0.25, 0.3) is 10.0 Å². The molecule has 0 spiro atoms. The van der Waals surface area contributed by atoms with Crippen molar-refractivity contribution < 1.29 is 18.0 Å². The Hall–Kier alpha value is -4.14. The van der Waals surface area contributed by atoms with Crippen molar-refractivity contribution in [3.8, 4) is 0 Å². The third kappa shape index (κ3) is 7.83. The number of rotatable bonds is 11. The van der Waals surface area contributed by atoms with Gasteiger partial charge in [-0.05, 0) is 73.4 Å². The summed E-state index contributed by atoms with van der Waals surface area (Å²) in [6.07, 6.45) is 0.237. The SMILES string of the molecule is CNC(=O)[C@@H](Cc1ccccc1)N(Cc1cccc(Cl)c1)C(=O)CN(c1cc(C)ccc1C)S(=O)(=O)c1ccc(C)cc1. The molecular weight excluding hydrogens is 582 g/mol. The van der Waals surface area contributed by atoms with E-state index in [2.05, 4.69) is 5.32 Å². The van der Waals surface area contributed by atoms with Gasteiger partial charge in [-0.3, -0.25) is 13.9 Å². The first kappa shape index (κ1) is 31.8. The van der Waals surface area contributed by atoms with Gasteiger partial charge in [-0.25, -0.2) is 8.42 Å². The molecule has 0 heterocycles. The molecule has 224 valence electrons. The molecule has 1 atom stereocenters. The summed E-state index contributed by atoms with van der Waals surface area (Å²) in [7, 11) is -2.64. The molecule has 2 amide bonds. The molecule has 0 aliphatic heterocycles. The summed E-state index contributed by atoms with van der Waals surface area (Å²) in [4.78, 5) is 29.3. The monoisotopic (exact) mass is 617 g/mol. The van der Waals surface area contributed by atoms with Crippen LogP contribution in [0.1, 0.15) is 27.8 Å². The normalized spacial score (nSPS) is 11.9. The van der Waals surface area contributed by atoms with Crippen molar-refractivity contribution in [2.45, 2.75) is 44.7 Å². The first-order valence-corrected chi connectivity index (χ1v) is 15.8. The molecule has 7 nitrogen and oxygen atoms in total. The number of halogens is 1. The number of sulfonamides is 1. The van der Waals surface area contributed by atoms with Crippen LogP contribution in [0.15, 0.2) is 102 Å². The van der Waals surface area contributed by atoms with E-state index in [1.807, 2.05) is 69.3 Å². The minimum absolute atomic E-state index is 0.0511. The second-order valence-corrected chi connectivity index (χ2v) is 12.9. The Bertz CT molecular complexity index is 1690. The summed E-state index contributed by atoms with van der Waals surface area (Å²) < 4.78 is 29.5. The lowest BCUT2D eigenvalue weighted by atomic mass is 10.0. The first-order chi connectivity index (χ1) is 20.5. The number of aryl methyl sites for hydroxylation is 3. The van der Waals surface area contributed by atoms with Crippen molar-refractivity contribution in [3.05, 3.63) is 130 Å². The number of carbonyl (C=O) groups excluding carboxylic acids is 2. The average molecular weight is 618 g/mol. The van der Waals surface area contributed by atoms with E-state index in [1.165, 1.54) is 11.9 Å². The second kappa shape index (κ2) is 13.9. The van der Waals surface area contributed by atoms with Crippen molar-refractivity contribution in [2.24, 2.45) is 0 Å². The summed E-state index contributed by atoms with van der Waals surface area (Å²) in [6.45, 7) is 5.10. The van der Waals surface area contributed by atoms with E-state index in [1.54, 1.807) is 48.5 Å². The molecule has 0 saturated heterocycles. The molecule has 0 fully saturated rings. The van der Waals surface area contributed by atoms with E-state index in [-0.39, 0.29) is 23.8 Å². The molecule has 0 bridgehead atoms. The number of amides is 2. The number of nitrogens with one attached hydrogen (secondary N) is 1. The highest BCUT2D eigenvalue weighted by Crippen LogP contribution is 2.29. The van der Waals surface area contributed by atoms with Gasteiger partial charge >= 0.3 is 0 Å². The van der Waals surface area contributed by atoms with Crippen LogP contribution >= 0.6 is 11.6 Å².